The number of likely N-dealkylation sites (tertiary alicyclic amines) is 1. The zero-order valence-corrected chi connectivity index (χ0v) is 12.9. The maximum atomic E-state index is 12.0. The summed E-state index contributed by atoms with van der Waals surface area (Å²) in [5, 5.41) is 2.95. The van der Waals surface area contributed by atoms with Crippen molar-refractivity contribution in [2.45, 2.75) is 19.9 Å². The van der Waals surface area contributed by atoms with Crippen LogP contribution in [-0.4, -0.2) is 36.5 Å². The highest BCUT2D eigenvalue weighted by Gasteiger charge is 2.27. The first kappa shape index (κ1) is 14.5. The van der Waals surface area contributed by atoms with Crippen LogP contribution in [0.5, 0.6) is 0 Å². The van der Waals surface area contributed by atoms with Crippen molar-refractivity contribution in [2.24, 2.45) is 11.7 Å². The Balaban J connectivity index is 1.91. The van der Waals surface area contributed by atoms with E-state index in [9.17, 15) is 4.79 Å². The van der Waals surface area contributed by atoms with Crippen molar-refractivity contribution >= 4 is 27.5 Å². The van der Waals surface area contributed by atoms with Crippen molar-refractivity contribution in [1.82, 2.24) is 4.90 Å². The summed E-state index contributed by atoms with van der Waals surface area (Å²) in [7, 11) is 0. The zero-order chi connectivity index (χ0) is 14.0. The molecule has 1 aromatic rings. The first-order chi connectivity index (χ1) is 8.95. The second-order valence-electron chi connectivity index (χ2n) is 5.34. The first-order valence-electron chi connectivity index (χ1n) is 6.49. The molecule has 0 radical (unpaired) electrons. The average molecular weight is 326 g/mol. The van der Waals surface area contributed by atoms with Crippen molar-refractivity contribution in [1.29, 1.82) is 0 Å². The molecule has 1 aromatic carbocycles. The van der Waals surface area contributed by atoms with Gasteiger partial charge in [-0.25, -0.2) is 0 Å². The van der Waals surface area contributed by atoms with E-state index in [1.54, 1.807) is 0 Å². The number of carbonyl (C=O) groups excluding carboxylic acids is 1. The largest absolute Gasteiger partial charge is 0.326 e. The van der Waals surface area contributed by atoms with Crippen molar-refractivity contribution in [3.05, 3.63) is 28.2 Å². The summed E-state index contributed by atoms with van der Waals surface area (Å²) in [5.74, 6) is 0.480. The SMILES string of the molecule is Cc1cc(Br)ccc1NC(=O)CN1CC(C)C(N)C1. The number of nitrogens with two attached hydrogens (primary N) is 1. The molecule has 1 aliphatic heterocycles. The lowest BCUT2D eigenvalue weighted by atomic mass is 10.1. The fourth-order valence-corrected chi connectivity index (χ4v) is 2.86. The van der Waals surface area contributed by atoms with Gasteiger partial charge in [-0.1, -0.05) is 22.9 Å². The quantitative estimate of drug-likeness (QED) is 0.893. The van der Waals surface area contributed by atoms with E-state index in [-0.39, 0.29) is 11.9 Å². The second-order valence-corrected chi connectivity index (χ2v) is 6.26. The van der Waals surface area contributed by atoms with Gasteiger partial charge in [-0.15, -0.1) is 0 Å². The number of benzene rings is 1. The molecule has 0 saturated carbocycles. The minimum absolute atomic E-state index is 0.0201. The Morgan fingerprint density at radius 1 is 1.53 bits per heavy atom. The molecule has 2 atom stereocenters. The Morgan fingerprint density at radius 3 is 2.84 bits per heavy atom. The van der Waals surface area contributed by atoms with Gasteiger partial charge in [0.2, 0.25) is 5.91 Å². The Labute approximate surface area is 122 Å². The van der Waals surface area contributed by atoms with Crippen LogP contribution in [0.25, 0.3) is 0 Å². The fourth-order valence-electron chi connectivity index (χ4n) is 2.38. The van der Waals surface area contributed by atoms with Gasteiger partial charge >= 0.3 is 0 Å². The molecule has 2 unspecified atom stereocenters. The van der Waals surface area contributed by atoms with Gasteiger partial charge in [-0.05, 0) is 36.6 Å². The Kier molecular flexibility index (Phi) is 4.60. The highest BCUT2D eigenvalue weighted by atomic mass is 79.9. The molecule has 1 amide bonds. The standard InChI is InChI=1S/C14H20BrN3O/c1-9-5-11(15)3-4-13(9)17-14(19)8-18-6-10(2)12(16)7-18/h3-5,10,12H,6-8,16H2,1-2H3,(H,17,19). The minimum Gasteiger partial charge on any atom is -0.326 e. The molecule has 3 N–H and O–H groups in total. The van der Waals surface area contributed by atoms with Gasteiger partial charge in [-0.3, -0.25) is 9.69 Å². The average Bonchev–Trinajstić information content (AvgIpc) is 2.62. The van der Waals surface area contributed by atoms with Crippen molar-refractivity contribution in [3.63, 3.8) is 0 Å². The van der Waals surface area contributed by atoms with Crippen LogP contribution in [-0.2, 0) is 4.79 Å². The number of anilines is 1. The van der Waals surface area contributed by atoms with Crippen LogP contribution in [0.15, 0.2) is 22.7 Å². The molecule has 1 aliphatic rings. The van der Waals surface area contributed by atoms with Crippen LogP contribution in [0.2, 0.25) is 0 Å². The molecule has 1 saturated heterocycles. The van der Waals surface area contributed by atoms with E-state index in [4.69, 9.17) is 5.73 Å². The van der Waals surface area contributed by atoms with Gasteiger partial charge in [-0.2, -0.15) is 0 Å². The van der Waals surface area contributed by atoms with Crippen molar-refractivity contribution in [3.8, 4) is 0 Å². The molecule has 0 bridgehead atoms. The number of rotatable bonds is 3. The number of nitrogens with zero attached hydrogens (tertiary/aromatic N) is 1. The van der Waals surface area contributed by atoms with E-state index in [2.05, 4.69) is 33.1 Å². The lowest BCUT2D eigenvalue weighted by molar-refractivity contribution is -0.117. The lowest BCUT2D eigenvalue weighted by Gasteiger charge is -2.15. The number of hydrogen-bond acceptors (Lipinski definition) is 3. The smallest absolute Gasteiger partial charge is 0.238 e. The number of aryl methyl sites for hydroxylation is 1. The third-order valence-corrected chi connectivity index (χ3v) is 4.07. The molecule has 5 heteroatoms. The first-order valence-corrected chi connectivity index (χ1v) is 7.29. The molecule has 2 rings (SSSR count). The van der Waals surface area contributed by atoms with Gasteiger partial charge < -0.3 is 11.1 Å². The molecule has 104 valence electrons. The zero-order valence-electron chi connectivity index (χ0n) is 11.3. The normalized spacial score (nSPS) is 23.6. The Bertz CT molecular complexity index is 468. The van der Waals surface area contributed by atoms with E-state index in [0.717, 1.165) is 28.8 Å². The number of hydrogen-bond donors (Lipinski definition) is 2. The van der Waals surface area contributed by atoms with Crippen LogP contribution in [0, 0.1) is 12.8 Å². The summed E-state index contributed by atoms with van der Waals surface area (Å²) in [5.41, 5.74) is 7.87. The maximum absolute atomic E-state index is 12.0. The van der Waals surface area contributed by atoms with Gasteiger partial charge in [0.05, 0.1) is 6.54 Å². The van der Waals surface area contributed by atoms with Crippen LogP contribution >= 0.6 is 15.9 Å². The second kappa shape index (κ2) is 6.03. The molecule has 0 aromatic heterocycles. The lowest BCUT2D eigenvalue weighted by Crippen LogP contribution is -2.33. The summed E-state index contributed by atoms with van der Waals surface area (Å²) in [4.78, 5) is 14.1. The van der Waals surface area contributed by atoms with Gasteiger partial charge in [0.25, 0.3) is 0 Å². The number of halogens is 1. The van der Waals surface area contributed by atoms with E-state index in [1.807, 2.05) is 25.1 Å². The molecule has 1 fully saturated rings. The third kappa shape index (κ3) is 3.78. The van der Waals surface area contributed by atoms with Crippen LogP contribution in [0.3, 0.4) is 0 Å². The fraction of sp³-hybridized carbons (Fsp3) is 0.500. The Morgan fingerprint density at radius 2 is 2.26 bits per heavy atom. The summed E-state index contributed by atoms with van der Waals surface area (Å²) < 4.78 is 1.02. The summed E-state index contributed by atoms with van der Waals surface area (Å²) in [6.07, 6.45) is 0. The van der Waals surface area contributed by atoms with E-state index < -0.39 is 0 Å². The molecular weight excluding hydrogens is 306 g/mol. The summed E-state index contributed by atoms with van der Waals surface area (Å²) >= 11 is 3.41. The number of nitrogens with one attached hydrogen (secondary N) is 1. The van der Waals surface area contributed by atoms with Gasteiger partial charge in [0.15, 0.2) is 0 Å². The minimum atomic E-state index is 0.0201. The molecule has 0 aliphatic carbocycles. The number of carbonyl (C=O) groups is 1. The highest BCUT2D eigenvalue weighted by molar-refractivity contribution is 9.10. The van der Waals surface area contributed by atoms with Crippen molar-refractivity contribution in [2.75, 3.05) is 25.0 Å². The highest BCUT2D eigenvalue weighted by Crippen LogP contribution is 2.20. The summed E-state index contributed by atoms with van der Waals surface area (Å²) in [6.45, 7) is 6.21. The van der Waals surface area contributed by atoms with E-state index in [0.29, 0.717) is 12.5 Å². The van der Waals surface area contributed by atoms with Crippen molar-refractivity contribution < 1.29 is 4.79 Å². The Hall–Kier alpha value is -0.910. The number of amides is 1. The molecular formula is C14H20BrN3O. The summed E-state index contributed by atoms with van der Waals surface area (Å²) in [6, 6.07) is 6.01. The maximum Gasteiger partial charge on any atom is 0.238 e. The van der Waals surface area contributed by atoms with Gasteiger partial charge in [0.1, 0.15) is 0 Å². The molecule has 4 nitrogen and oxygen atoms in total. The monoisotopic (exact) mass is 325 g/mol. The van der Waals surface area contributed by atoms with E-state index in [1.165, 1.54) is 0 Å². The van der Waals surface area contributed by atoms with Crippen LogP contribution < -0.4 is 11.1 Å². The topological polar surface area (TPSA) is 58.4 Å². The molecule has 0 spiro atoms. The predicted octanol–water partition coefficient (Wildman–Crippen LogP) is 1.98. The molecule has 1 heterocycles. The van der Waals surface area contributed by atoms with E-state index >= 15 is 0 Å². The van der Waals surface area contributed by atoms with Crippen LogP contribution in [0.1, 0.15) is 12.5 Å². The third-order valence-electron chi connectivity index (χ3n) is 3.58. The predicted molar refractivity (Wildman–Crippen MR) is 81.1 cm³/mol. The molecule has 19 heavy (non-hydrogen) atoms. The van der Waals surface area contributed by atoms with Crippen LogP contribution in [0.4, 0.5) is 5.69 Å². The van der Waals surface area contributed by atoms with Gasteiger partial charge in [0, 0.05) is 29.3 Å².